The van der Waals surface area contributed by atoms with Gasteiger partial charge in [-0.15, -0.1) is 0 Å². The van der Waals surface area contributed by atoms with Gasteiger partial charge in [0.2, 0.25) is 0 Å². The Morgan fingerprint density at radius 1 is 0.974 bits per heavy atom. The molecule has 210 valence electrons. The third-order valence-electron chi connectivity index (χ3n) is 12.9. The summed E-state index contributed by atoms with van der Waals surface area (Å²) in [4.78, 5) is 42.2. The Labute approximate surface area is 223 Å². The number of esters is 1. The minimum absolute atomic E-state index is 0.0220. The number of carbonyl (C=O) groups is 3. The molecule has 8 nitrogen and oxygen atoms in total. The van der Waals surface area contributed by atoms with Gasteiger partial charge in [-0.05, 0) is 67.8 Å². The third kappa shape index (κ3) is 2.69. The molecule has 8 heteroatoms. The highest BCUT2D eigenvalue weighted by Crippen LogP contribution is 2.75. The summed E-state index contributed by atoms with van der Waals surface area (Å²) < 4.78 is 5.81. The number of ketones is 2. The number of aliphatic hydroxyl groups excluding tert-OH is 3. The summed E-state index contributed by atoms with van der Waals surface area (Å²) in [5.41, 5.74) is -5.17. The number of aliphatic hydroxyl groups is 4. The molecular formula is C30H42O8. The summed E-state index contributed by atoms with van der Waals surface area (Å²) in [5, 5.41) is 47.0. The monoisotopic (exact) mass is 530 g/mol. The van der Waals surface area contributed by atoms with Crippen LogP contribution >= 0.6 is 0 Å². The molecule has 0 aromatic rings. The van der Waals surface area contributed by atoms with Crippen LogP contribution in [-0.2, 0) is 19.1 Å². The van der Waals surface area contributed by atoms with Crippen LogP contribution in [-0.4, -0.2) is 68.5 Å². The molecule has 13 atom stereocenters. The minimum atomic E-state index is -1.51. The zero-order valence-corrected chi connectivity index (χ0v) is 23.3. The van der Waals surface area contributed by atoms with E-state index in [0.717, 1.165) is 0 Å². The average Bonchev–Trinajstić information content (AvgIpc) is 3.22. The van der Waals surface area contributed by atoms with Crippen molar-refractivity contribution >= 4 is 17.5 Å². The number of hydrogen-bond acceptors (Lipinski definition) is 8. The van der Waals surface area contributed by atoms with E-state index in [9.17, 15) is 34.8 Å². The van der Waals surface area contributed by atoms with Crippen LogP contribution in [0.25, 0.3) is 0 Å². The number of carbonyl (C=O) groups excluding carboxylic acids is 3. The molecule has 7 bridgehead atoms. The van der Waals surface area contributed by atoms with Crippen molar-refractivity contribution in [2.24, 2.45) is 51.2 Å². The highest BCUT2D eigenvalue weighted by Gasteiger charge is 2.80. The predicted octanol–water partition coefficient (Wildman–Crippen LogP) is 1.96. The predicted molar refractivity (Wildman–Crippen MR) is 135 cm³/mol. The zero-order chi connectivity index (χ0) is 28.0. The molecule has 0 amide bonds. The van der Waals surface area contributed by atoms with Crippen molar-refractivity contribution in [3.63, 3.8) is 0 Å². The molecule has 0 aromatic carbocycles. The fourth-order valence-corrected chi connectivity index (χ4v) is 10.9. The lowest BCUT2D eigenvalue weighted by atomic mass is 9.41. The van der Waals surface area contributed by atoms with Crippen LogP contribution in [0.5, 0.6) is 0 Å². The van der Waals surface area contributed by atoms with Crippen LogP contribution in [0.4, 0.5) is 0 Å². The maximum absolute atomic E-state index is 14.7. The molecule has 5 aliphatic carbocycles. The second-order valence-electron chi connectivity index (χ2n) is 14.6. The molecule has 2 aliphatic heterocycles. The molecule has 38 heavy (non-hydrogen) atoms. The molecule has 0 radical (unpaired) electrons. The summed E-state index contributed by atoms with van der Waals surface area (Å²) in [5.74, 6) is -3.90. The lowest BCUT2D eigenvalue weighted by molar-refractivity contribution is -0.179. The molecular weight excluding hydrogens is 488 g/mol. The first-order valence-electron chi connectivity index (χ1n) is 14.3. The molecule has 1 saturated heterocycles. The summed E-state index contributed by atoms with van der Waals surface area (Å²) in [7, 11) is 0. The minimum Gasteiger partial charge on any atom is -0.465 e. The first-order valence-corrected chi connectivity index (χ1v) is 14.3. The van der Waals surface area contributed by atoms with Crippen LogP contribution in [0.3, 0.4) is 0 Å². The van der Waals surface area contributed by atoms with E-state index in [1.54, 1.807) is 20.8 Å². The molecule has 0 aromatic heterocycles. The van der Waals surface area contributed by atoms with Gasteiger partial charge in [0.05, 0.1) is 41.7 Å². The topological polar surface area (TPSA) is 141 Å². The van der Waals surface area contributed by atoms with Crippen molar-refractivity contribution in [3.8, 4) is 0 Å². The summed E-state index contributed by atoms with van der Waals surface area (Å²) in [6.45, 7) is 10.9. The lowest BCUT2D eigenvalue weighted by Gasteiger charge is -2.62. The van der Waals surface area contributed by atoms with E-state index in [4.69, 9.17) is 4.74 Å². The fraction of sp³-hybridized carbons (Fsp3) is 0.833. The van der Waals surface area contributed by atoms with Crippen molar-refractivity contribution in [1.82, 2.24) is 0 Å². The normalized spacial score (nSPS) is 57.9. The first-order chi connectivity index (χ1) is 17.5. The van der Waals surface area contributed by atoms with Crippen LogP contribution in [0.15, 0.2) is 11.1 Å². The average molecular weight is 531 g/mol. The highest BCUT2D eigenvalue weighted by molar-refractivity contribution is 6.08. The van der Waals surface area contributed by atoms with E-state index >= 15 is 0 Å². The van der Waals surface area contributed by atoms with E-state index in [1.807, 2.05) is 20.8 Å². The smallest absolute Gasteiger partial charge is 0.308 e. The van der Waals surface area contributed by atoms with E-state index in [0.29, 0.717) is 24.0 Å². The Bertz CT molecular complexity index is 1180. The van der Waals surface area contributed by atoms with Gasteiger partial charge in [-0.3, -0.25) is 14.4 Å². The van der Waals surface area contributed by atoms with Gasteiger partial charge < -0.3 is 25.2 Å². The Morgan fingerprint density at radius 3 is 2.29 bits per heavy atom. The van der Waals surface area contributed by atoms with Gasteiger partial charge >= 0.3 is 5.97 Å². The van der Waals surface area contributed by atoms with Crippen molar-refractivity contribution in [2.45, 2.75) is 97.6 Å². The van der Waals surface area contributed by atoms with Crippen LogP contribution in [0.1, 0.15) is 73.6 Å². The second kappa shape index (κ2) is 7.56. The van der Waals surface area contributed by atoms with E-state index < -0.39 is 81.0 Å². The van der Waals surface area contributed by atoms with Gasteiger partial charge in [0, 0.05) is 16.4 Å². The second-order valence-corrected chi connectivity index (χ2v) is 14.6. The quantitative estimate of drug-likeness (QED) is 0.348. The summed E-state index contributed by atoms with van der Waals surface area (Å²) in [6.07, 6.45) is -2.15. The van der Waals surface area contributed by atoms with Crippen molar-refractivity contribution in [1.29, 1.82) is 0 Å². The molecule has 2 heterocycles. The molecule has 4 N–H and O–H groups in total. The van der Waals surface area contributed by atoms with Gasteiger partial charge in [-0.2, -0.15) is 0 Å². The van der Waals surface area contributed by atoms with Gasteiger partial charge in [-0.25, -0.2) is 0 Å². The largest absolute Gasteiger partial charge is 0.465 e. The zero-order valence-electron chi connectivity index (χ0n) is 23.3. The number of fused-ring (bicyclic) bond motifs is 6. The van der Waals surface area contributed by atoms with Crippen LogP contribution < -0.4 is 0 Å². The van der Waals surface area contributed by atoms with Gasteiger partial charge in [0.25, 0.3) is 0 Å². The maximum Gasteiger partial charge on any atom is 0.308 e. The highest BCUT2D eigenvalue weighted by atomic mass is 16.5. The van der Waals surface area contributed by atoms with Crippen LogP contribution in [0, 0.1) is 51.2 Å². The number of ether oxygens (including phenoxy) is 1. The number of hydrogen-bond donors (Lipinski definition) is 4. The van der Waals surface area contributed by atoms with Crippen LogP contribution in [0.2, 0.25) is 0 Å². The lowest BCUT2D eigenvalue weighted by Crippen LogP contribution is -2.65. The molecule has 7 rings (SSSR count). The van der Waals surface area contributed by atoms with Gasteiger partial charge in [-0.1, -0.05) is 34.6 Å². The fourth-order valence-electron chi connectivity index (χ4n) is 10.9. The molecule has 0 spiro atoms. The Morgan fingerprint density at radius 2 is 1.63 bits per heavy atom. The van der Waals surface area contributed by atoms with Crippen molar-refractivity contribution in [2.75, 3.05) is 6.61 Å². The van der Waals surface area contributed by atoms with E-state index in [1.165, 1.54) is 0 Å². The summed E-state index contributed by atoms with van der Waals surface area (Å²) >= 11 is 0. The Hall–Kier alpha value is -1.61. The van der Waals surface area contributed by atoms with E-state index in [-0.39, 0.29) is 37.6 Å². The Kier molecular flexibility index (Phi) is 5.30. The SMILES string of the molecule is C[C@@H]1C[C@@]2(O)C[C@@H](C)C3[C@@H]2C(=O)[C@@]2(C)C4=C(C(=O)[C@@H](O)[C@]32C)[C@@]2(C)CC[C@H](O)C(C)(COC1=O)C2C[C@H]4O. The first kappa shape index (κ1) is 26.6. The van der Waals surface area contributed by atoms with Gasteiger partial charge in [0.15, 0.2) is 5.78 Å². The van der Waals surface area contributed by atoms with E-state index in [2.05, 4.69) is 0 Å². The molecule has 7 aliphatic rings. The summed E-state index contributed by atoms with van der Waals surface area (Å²) in [6, 6.07) is 0. The molecule has 4 fully saturated rings. The van der Waals surface area contributed by atoms with Crippen molar-refractivity contribution in [3.05, 3.63) is 11.1 Å². The third-order valence-corrected chi connectivity index (χ3v) is 12.9. The van der Waals surface area contributed by atoms with Gasteiger partial charge in [0.1, 0.15) is 11.9 Å². The molecule has 3 saturated carbocycles. The van der Waals surface area contributed by atoms with Crippen molar-refractivity contribution < 1.29 is 39.5 Å². The number of Topliss-reactive ketones (excluding diaryl/α,β-unsaturated/α-hetero) is 2. The Balaban J connectivity index is 1.69. The molecule has 3 unspecified atom stereocenters. The maximum atomic E-state index is 14.7. The number of rotatable bonds is 0. The standard InChI is InChI=1S/C30H42O8/c1-13-10-30(37)11-14(2)25(36)38-12-27(4)16-9-15(31)19-20(26(16,3)8-7-17(27)32)22(33)24(35)28(5)18(13)21(30)23(34)29(19,28)6/h13-18,21,24,31-32,35,37H,7-12H2,1-6H3/t13-,14-,15-,16?,17+,18?,21-,24-,26+,27?,28+,29-,30+/m1/s1.